The summed E-state index contributed by atoms with van der Waals surface area (Å²) in [6.07, 6.45) is 3.34. The predicted molar refractivity (Wildman–Crippen MR) is 150 cm³/mol. The summed E-state index contributed by atoms with van der Waals surface area (Å²) in [5.41, 5.74) is 6.19. The first-order valence-electron chi connectivity index (χ1n) is 11.5. The quantitative estimate of drug-likeness (QED) is 0.389. The van der Waals surface area contributed by atoms with Gasteiger partial charge in [0.05, 0.1) is 17.5 Å². The van der Waals surface area contributed by atoms with Crippen molar-refractivity contribution in [1.29, 1.82) is 0 Å². The minimum absolute atomic E-state index is 0. The fourth-order valence-electron chi connectivity index (χ4n) is 5.22. The lowest BCUT2D eigenvalue weighted by molar-refractivity contribution is 0.130. The molecule has 0 saturated carbocycles. The van der Waals surface area contributed by atoms with E-state index in [2.05, 4.69) is 54.9 Å². The van der Waals surface area contributed by atoms with Crippen LogP contribution in [-0.4, -0.2) is 69.2 Å². The van der Waals surface area contributed by atoms with Crippen LogP contribution in [0.15, 0.2) is 61.1 Å². The van der Waals surface area contributed by atoms with Gasteiger partial charge < -0.3 is 19.5 Å². The third-order valence-electron chi connectivity index (χ3n) is 6.85. The number of halogens is 1. The van der Waals surface area contributed by atoms with E-state index in [1.807, 2.05) is 18.8 Å². The normalized spacial score (nSPS) is 18.1. The van der Waals surface area contributed by atoms with Crippen LogP contribution in [-0.2, 0) is 6.54 Å². The van der Waals surface area contributed by atoms with Gasteiger partial charge in [-0.1, -0.05) is 12.1 Å². The zero-order valence-corrected chi connectivity index (χ0v) is 22.3. The molecule has 1 saturated heterocycles. The van der Waals surface area contributed by atoms with Gasteiger partial charge in [-0.05, 0) is 61.6 Å². The first kappa shape index (κ1) is 26.3. The molecular weight excluding hydrogens is 495 g/mol. The predicted octanol–water partition coefficient (Wildman–Crippen LogP) is 3.49. The zero-order valence-electron chi connectivity index (χ0n) is 20.3. The molecular formula is C26H31FN6OS2. The first-order valence-corrected chi connectivity index (χ1v) is 11.5. The third kappa shape index (κ3) is 4.66. The van der Waals surface area contributed by atoms with Crippen molar-refractivity contribution in [2.75, 3.05) is 38.6 Å². The van der Waals surface area contributed by atoms with Crippen molar-refractivity contribution in [2.45, 2.75) is 12.6 Å². The summed E-state index contributed by atoms with van der Waals surface area (Å²) in [6, 6.07) is 15.1. The molecule has 0 aliphatic carbocycles. The minimum Gasteiger partial charge on any atom is -0.391 e. The summed E-state index contributed by atoms with van der Waals surface area (Å²) in [4.78, 5) is 8.95. The Bertz CT molecular complexity index is 1350. The monoisotopic (exact) mass is 526 g/mol. The van der Waals surface area contributed by atoms with Crippen LogP contribution in [0.1, 0.15) is 5.56 Å². The molecule has 1 fully saturated rings. The molecule has 4 aromatic rings. The number of anilines is 1. The number of fused-ring (bicyclic) bond motifs is 5. The molecule has 2 aromatic heterocycles. The van der Waals surface area contributed by atoms with E-state index in [-0.39, 0.29) is 44.8 Å². The lowest BCUT2D eigenvalue weighted by Crippen LogP contribution is -2.29. The molecule has 2 atom stereocenters. The molecule has 7 nitrogen and oxygen atoms in total. The maximum atomic E-state index is 13.4. The number of aromatic nitrogens is 4. The maximum Gasteiger partial charge on any atom is 0.179 e. The molecule has 0 unspecified atom stereocenters. The minimum atomic E-state index is -0.336. The summed E-state index contributed by atoms with van der Waals surface area (Å²) in [5, 5.41) is 15.1. The Labute approximate surface area is 224 Å². The van der Waals surface area contributed by atoms with E-state index < -0.39 is 0 Å². The van der Waals surface area contributed by atoms with Crippen LogP contribution in [0.3, 0.4) is 0 Å². The van der Waals surface area contributed by atoms with E-state index >= 15 is 0 Å². The highest BCUT2D eigenvalue weighted by Gasteiger charge is 2.32. The molecule has 2 aliphatic rings. The van der Waals surface area contributed by atoms with Gasteiger partial charge in [0.2, 0.25) is 0 Å². The van der Waals surface area contributed by atoms with Crippen LogP contribution in [0.25, 0.3) is 28.3 Å². The summed E-state index contributed by atoms with van der Waals surface area (Å²) in [6.45, 7) is 3.00. The fourth-order valence-corrected chi connectivity index (χ4v) is 5.22. The van der Waals surface area contributed by atoms with Crippen molar-refractivity contribution in [3.8, 4) is 28.3 Å². The lowest BCUT2D eigenvalue weighted by atomic mass is 10.1. The number of nitrogens with zero attached hydrogens (tertiary/aromatic N) is 6. The molecule has 0 spiro atoms. The largest absolute Gasteiger partial charge is 0.391 e. The topological polar surface area (TPSA) is 62.3 Å². The van der Waals surface area contributed by atoms with Crippen molar-refractivity contribution >= 4 is 32.7 Å². The highest BCUT2D eigenvalue weighted by Crippen LogP contribution is 2.35. The summed E-state index contributed by atoms with van der Waals surface area (Å²) < 4.78 is 17.5. The van der Waals surface area contributed by atoms with Crippen LogP contribution in [0.5, 0.6) is 0 Å². The third-order valence-corrected chi connectivity index (χ3v) is 6.85. The van der Waals surface area contributed by atoms with Crippen molar-refractivity contribution in [3.05, 3.63) is 72.4 Å². The first-order chi connectivity index (χ1) is 16.5. The molecule has 2 aliphatic heterocycles. The van der Waals surface area contributed by atoms with Gasteiger partial charge in [0.25, 0.3) is 0 Å². The second kappa shape index (κ2) is 10.3. The summed E-state index contributed by atoms with van der Waals surface area (Å²) in [5.74, 6) is 0.762. The van der Waals surface area contributed by atoms with Crippen molar-refractivity contribution in [3.63, 3.8) is 0 Å². The van der Waals surface area contributed by atoms with Crippen LogP contribution in [0, 0.1) is 11.7 Å². The molecule has 1 N–H and O–H groups in total. The molecule has 2 aromatic carbocycles. The fraction of sp³-hybridized carbons (Fsp3) is 0.308. The van der Waals surface area contributed by atoms with Crippen molar-refractivity contribution in [1.82, 2.24) is 24.2 Å². The van der Waals surface area contributed by atoms with Gasteiger partial charge >= 0.3 is 0 Å². The van der Waals surface area contributed by atoms with E-state index in [4.69, 9.17) is 0 Å². The average Bonchev–Trinajstić information content (AvgIpc) is 3.52. The lowest BCUT2D eigenvalue weighted by Gasteiger charge is -2.21. The van der Waals surface area contributed by atoms with Crippen molar-refractivity contribution < 1.29 is 9.50 Å². The standard InChI is InChI=1S/C26H27FN6O.2H2S/c1-30(2)11-20-14-31(15-25(20)34)22-7-8-23-19(9-22)13-32-12-18(17-3-5-21(27)6-4-17)10-24(32)26-28-16-29-33(23)26;;/h3-10,12,16,20,25,34H,11,13-15H2,1-2H3;2*1H2/t20-,25+;;/m0../s1. The molecule has 6 rings (SSSR count). The second-order valence-corrected chi connectivity index (χ2v) is 9.55. The Balaban J connectivity index is 0.00000152. The van der Waals surface area contributed by atoms with Gasteiger partial charge in [0.15, 0.2) is 5.82 Å². The van der Waals surface area contributed by atoms with E-state index in [0.717, 1.165) is 52.7 Å². The Kier molecular flexibility index (Phi) is 7.51. The van der Waals surface area contributed by atoms with Gasteiger partial charge in [0.1, 0.15) is 12.1 Å². The van der Waals surface area contributed by atoms with Gasteiger partial charge in [-0.15, -0.1) is 0 Å². The molecule has 0 bridgehead atoms. The van der Waals surface area contributed by atoms with Crippen molar-refractivity contribution in [2.24, 2.45) is 5.92 Å². The number of hydrogen-bond acceptors (Lipinski definition) is 5. The number of hydrogen-bond donors (Lipinski definition) is 1. The second-order valence-electron chi connectivity index (χ2n) is 9.55. The maximum absolute atomic E-state index is 13.4. The van der Waals surface area contributed by atoms with Gasteiger partial charge in [-0.25, -0.2) is 14.1 Å². The summed E-state index contributed by atoms with van der Waals surface area (Å²) >= 11 is 0. The van der Waals surface area contributed by atoms with Crippen LogP contribution >= 0.6 is 27.0 Å². The molecule has 36 heavy (non-hydrogen) atoms. The van der Waals surface area contributed by atoms with E-state index in [9.17, 15) is 9.50 Å². The Morgan fingerprint density at radius 1 is 1.03 bits per heavy atom. The van der Waals surface area contributed by atoms with Crippen LogP contribution in [0.4, 0.5) is 10.1 Å². The zero-order chi connectivity index (χ0) is 23.4. The molecule has 4 heterocycles. The van der Waals surface area contributed by atoms with Crippen LogP contribution in [0.2, 0.25) is 0 Å². The highest BCUT2D eigenvalue weighted by molar-refractivity contribution is 7.59. The number of aliphatic hydroxyl groups is 1. The molecule has 0 radical (unpaired) electrons. The number of benzene rings is 2. The average molecular weight is 527 g/mol. The van der Waals surface area contributed by atoms with Gasteiger partial charge in [-0.2, -0.15) is 32.1 Å². The molecule has 190 valence electrons. The highest BCUT2D eigenvalue weighted by atomic mass is 32.1. The molecule has 0 amide bonds. The number of aliphatic hydroxyl groups excluding tert-OH is 1. The number of β-amino-alcohol motifs (C(OH)–C–C–N with tert-alkyl or cyclic N) is 1. The van der Waals surface area contributed by atoms with E-state index in [1.54, 1.807) is 18.5 Å². The van der Waals surface area contributed by atoms with E-state index in [1.165, 1.54) is 12.1 Å². The van der Waals surface area contributed by atoms with Gasteiger partial charge in [0, 0.05) is 49.5 Å². The molecule has 10 heteroatoms. The van der Waals surface area contributed by atoms with Gasteiger partial charge in [-0.3, -0.25) is 0 Å². The smallest absolute Gasteiger partial charge is 0.179 e. The summed E-state index contributed by atoms with van der Waals surface area (Å²) in [7, 11) is 4.09. The van der Waals surface area contributed by atoms with E-state index in [0.29, 0.717) is 13.1 Å². The SMILES string of the molecule is CN(C)C[C@H]1CN(c2ccc3c(c2)Cn2cc(-c4ccc(F)cc4)cc2-c2ncnn2-3)C[C@H]1O.S.S. The Morgan fingerprint density at radius 3 is 2.56 bits per heavy atom. The van der Waals surface area contributed by atoms with Crippen LogP contribution < -0.4 is 4.90 Å². The Morgan fingerprint density at radius 2 is 1.81 bits per heavy atom. The number of rotatable bonds is 4. The Hall–Kier alpha value is -2.79.